The molecule has 2 atom stereocenters. The maximum absolute atomic E-state index is 11.3. The van der Waals surface area contributed by atoms with Crippen molar-refractivity contribution in [2.45, 2.75) is 31.7 Å². The quantitative estimate of drug-likeness (QED) is 0.902. The Morgan fingerprint density at radius 3 is 2.95 bits per heavy atom. The Morgan fingerprint density at radius 1 is 1.32 bits per heavy atom. The zero-order chi connectivity index (χ0) is 13.2. The van der Waals surface area contributed by atoms with Gasteiger partial charge in [-0.1, -0.05) is 25.0 Å². The molecule has 1 heterocycles. The Hall–Kier alpha value is -1.62. The van der Waals surface area contributed by atoms with Gasteiger partial charge in [0, 0.05) is 11.4 Å². The first kappa shape index (κ1) is 12.4. The highest BCUT2D eigenvalue weighted by Crippen LogP contribution is 2.32. The van der Waals surface area contributed by atoms with E-state index in [1.165, 1.54) is 11.5 Å². The van der Waals surface area contributed by atoms with Gasteiger partial charge in [-0.15, -0.1) is 0 Å². The van der Waals surface area contributed by atoms with Crippen LogP contribution in [0.25, 0.3) is 10.9 Å². The second-order valence-electron chi connectivity index (χ2n) is 5.01. The number of hydrogen-bond donors (Lipinski definition) is 2. The largest absolute Gasteiger partial charge is 0.481 e. The van der Waals surface area contributed by atoms with Crippen LogP contribution in [0.3, 0.4) is 0 Å². The van der Waals surface area contributed by atoms with Gasteiger partial charge < -0.3 is 10.4 Å². The van der Waals surface area contributed by atoms with Crippen molar-refractivity contribution >= 4 is 33.4 Å². The Morgan fingerprint density at radius 2 is 2.11 bits per heavy atom. The van der Waals surface area contributed by atoms with Crippen molar-refractivity contribution in [3.8, 4) is 0 Å². The number of aromatic nitrogens is 1. The summed E-state index contributed by atoms with van der Waals surface area (Å²) in [5, 5.41) is 14.8. The Labute approximate surface area is 115 Å². The first-order valence-corrected chi connectivity index (χ1v) is 7.37. The molecule has 5 heteroatoms. The van der Waals surface area contributed by atoms with E-state index in [0.717, 1.165) is 41.6 Å². The molecule has 2 N–H and O–H groups in total. The third-order valence-corrected chi connectivity index (χ3v) is 4.59. The number of anilines is 1. The van der Waals surface area contributed by atoms with Crippen LogP contribution >= 0.6 is 11.5 Å². The van der Waals surface area contributed by atoms with E-state index in [9.17, 15) is 9.90 Å². The van der Waals surface area contributed by atoms with Crippen molar-refractivity contribution in [1.29, 1.82) is 0 Å². The molecule has 1 fully saturated rings. The molecule has 1 saturated carbocycles. The van der Waals surface area contributed by atoms with E-state index in [-0.39, 0.29) is 12.0 Å². The zero-order valence-corrected chi connectivity index (χ0v) is 11.3. The molecule has 1 aromatic carbocycles. The summed E-state index contributed by atoms with van der Waals surface area (Å²) in [4.78, 5) is 11.3. The normalized spacial score (nSPS) is 23.4. The summed E-state index contributed by atoms with van der Waals surface area (Å²) in [6.07, 6.45) is 3.80. The minimum atomic E-state index is -0.689. The molecule has 3 rings (SSSR count). The molecule has 0 bridgehead atoms. The van der Waals surface area contributed by atoms with Crippen molar-refractivity contribution in [2.24, 2.45) is 5.92 Å². The predicted octanol–water partition coefficient (Wildman–Crippen LogP) is 3.35. The van der Waals surface area contributed by atoms with E-state index in [0.29, 0.717) is 0 Å². The molecule has 1 aromatic heterocycles. The fourth-order valence-corrected chi connectivity index (χ4v) is 3.58. The summed E-state index contributed by atoms with van der Waals surface area (Å²) < 4.78 is 4.39. The first-order chi connectivity index (χ1) is 9.25. The van der Waals surface area contributed by atoms with Gasteiger partial charge in [0.1, 0.15) is 5.00 Å². The second-order valence-corrected chi connectivity index (χ2v) is 5.78. The topological polar surface area (TPSA) is 62.2 Å². The molecule has 1 aliphatic carbocycles. The van der Waals surface area contributed by atoms with E-state index >= 15 is 0 Å². The van der Waals surface area contributed by atoms with Gasteiger partial charge in [-0.05, 0) is 36.5 Å². The summed E-state index contributed by atoms with van der Waals surface area (Å²) >= 11 is 1.42. The SMILES string of the molecule is O=C(O)C1CCCCC1Nc1snc2ccccc12. The molecule has 1 aliphatic rings. The lowest BCUT2D eigenvalue weighted by atomic mass is 9.84. The molecule has 0 radical (unpaired) electrons. The van der Waals surface area contributed by atoms with Gasteiger partial charge >= 0.3 is 5.97 Å². The number of carboxylic acids is 1. The maximum Gasteiger partial charge on any atom is 0.308 e. The third-order valence-electron chi connectivity index (χ3n) is 3.78. The van der Waals surface area contributed by atoms with Gasteiger partial charge in [-0.25, -0.2) is 0 Å². The Balaban J connectivity index is 1.85. The lowest BCUT2D eigenvalue weighted by Crippen LogP contribution is -2.36. The van der Waals surface area contributed by atoms with Gasteiger partial charge in [-0.3, -0.25) is 4.79 Å². The second kappa shape index (κ2) is 5.17. The highest BCUT2D eigenvalue weighted by Gasteiger charge is 2.31. The van der Waals surface area contributed by atoms with Crippen LogP contribution in [0.15, 0.2) is 24.3 Å². The predicted molar refractivity (Wildman–Crippen MR) is 76.6 cm³/mol. The van der Waals surface area contributed by atoms with Crippen molar-refractivity contribution < 1.29 is 9.90 Å². The molecular weight excluding hydrogens is 260 g/mol. The first-order valence-electron chi connectivity index (χ1n) is 6.59. The van der Waals surface area contributed by atoms with Crippen molar-refractivity contribution in [2.75, 3.05) is 5.32 Å². The van der Waals surface area contributed by atoms with Crippen LogP contribution in [0.5, 0.6) is 0 Å². The van der Waals surface area contributed by atoms with E-state index in [2.05, 4.69) is 9.69 Å². The summed E-state index contributed by atoms with van der Waals surface area (Å²) in [7, 11) is 0. The molecular formula is C14H16N2O2S. The van der Waals surface area contributed by atoms with Gasteiger partial charge in [-0.2, -0.15) is 4.37 Å². The average molecular weight is 276 g/mol. The van der Waals surface area contributed by atoms with Crippen molar-refractivity contribution in [1.82, 2.24) is 4.37 Å². The van der Waals surface area contributed by atoms with Gasteiger partial charge in [0.15, 0.2) is 0 Å². The number of hydrogen-bond acceptors (Lipinski definition) is 4. The van der Waals surface area contributed by atoms with E-state index in [1.807, 2.05) is 24.3 Å². The summed E-state index contributed by atoms with van der Waals surface area (Å²) in [5.41, 5.74) is 0.970. The highest BCUT2D eigenvalue weighted by atomic mass is 32.1. The van der Waals surface area contributed by atoms with Gasteiger partial charge in [0.05, 0.1) is 11.4 Å². The number of nitrogens with one attached hydrogen (secondary N) is 1. The van der Waals surface area contributed by atoms with E-state index < -0.39 is 5.97 Å². The molecule has 0 amide bonds. The zero-order valence-electron chi connectivity index (χ0n) is 10.5. The van der Waals surface area contributed by atoms with Crippen molar-refractivity contribution in [3.05, 3.63) is 24.3 Å². The summed E-state index contributed by atoms with van der Waals surface area (Å²) in [6, 6.07) is 7.98. The molecule has 0 saturated heterocycles. The highest BCUT2D eigenvalue weighted by molar-refractivity contribution is 7.11. The standard InChI is InChI=1S/C14H16N2O2S/c17-14(18)10-6-2-3-7-11(10)15-13-9-5-1-4-8-12(9)16-19-13/h1,4-5,8,10-11,15H,2-3,6-7H2,(H,17,18). The summed E-state index contributed by atoms with van der Waals surface area (Å²) in [6.45, 7) is 0. The maximum atomic E-state index is 11.3. The van der Waals surface area contributed by atoms with Crippen LogP contribution in [0.2, 0.25) is 0 Å². The van der Waals surface area contributed by atoms with Gasteiger partial charge in [0.2, 0.25) is 0 Å². The fourth-order valence-electron chi connectivity index (χ4n) is 2.76. The number of rotatable bonds is 3. The van der Waals surface area contributed by atoms with Crippen molar-refractivity contribution in [3.63, 3.8) is 0 Å². The fraction of sp³-hybridized carbons (Fsp3) is 0.429. The minimum absolute atomic E-state index is 0.0232. The molecule has 2 aromatic rings. The lowest BCUT2D eigenvalue weighted by Gasteiger charge is -2.29. The van der Waals surface area contributed by atoms with Crippen LogP contribution in [-0.2, 0) is 4.79 Å². The Kier molecular flexibility index (Phi) is 3.38. The third kappa shape index (κ3) is 2.42. The minimum Gasteiger partial charge on any atom is -0.481 e. The average Bonchev–Trinajstić information content (AvgIpc) is 2.83. The number of nitrogens with zero attached hydrogens (tertiary/aromatic N) is 1. The van der Waals surface area contributed by atoms with E-state index in [4.69, 9.17) is 0 Å². The number of fused-ring (bicyclic) bond motifs is 1. The number of aliphatic carboxylic acids is 1. The van der Waals surface area contributed by atoms with Crippen LogP contribution < -0.4 is 5.32 Å². The molecule has 19 heavy (non-hydrogen) atoms. The lowest BCUT2D eigenvalue weighted by molar-refractivity contribution is -0.143. The summed E-state index contributed by atoms with van der Waals surface area (Å²) in [5.74, 6) is -0.972. The molecule has 4 nitrogen and oxygen atoms in total. The smallest absolute Gasteiger partial charge is 0.308 e. The molecule has 0 aliphatic heterocycles. The van der Waals surface area contributed by atoms with Crippen LogP contribution in [-0.4, -0.2) is 21.5 Å². The Bertz CT molecular complexity index is 596. The number of carboxylic acid groups (broad SMARTS) is 1. The molecule has 2 unspecified atom stereocenters. The molecule has 0 spiro atoms. The van der Waals surface area contributed by atoms with Crippen LogP contribution in [0.1, 0.15) is 25.7 Å². The van der Waals surface area contributed by atoms with E-state index in [1.54, 1.807) is 0 Å². The monoisotopic (exact) mass is 276 g/mol. The number of benzene rings is 1. The van der Waals surface area contributed by atoms with Crippen LogP contribution in [0, 0.1) is 5.92 Å². The molecule has 100 valence electrons. The number of carbonyl (C=O) groups is 1. The van der Waals surface area contributed by atoms with Gasteiger partial charge in [0.25, 0.3) is 0 Å². The van der Waals surface area contributed by atoms with Crippen LogP contribution in [0.4, 0.5) is 5.00 Å².